The van der Waals surface area contributed by atoms with E-state index in [1.54, 1.807) is 12.3 Å². The number of benzene rings is 8. The van der Waals surface area contributed by atoms with Gasteiger partial charge in [-0.2, -0.15) is 8.80 Å². The molecule has 65 heavy (non-hydrogen) atoms. The Morgan fingerprint density at radius 2 is 1.25 bits per heavy atom. The Balaban J connectivity index is 1.24. The van der Waals surface area contributed by atoms with Gasteiger partial charge in [-0.05, 0) is 119 Å². The van der Waals surface area contributed by atoms with E-state index < -0.39 is 6.85 Å². The van der Waals surface area contributed by atoms with Gasteiger partial charge in [-0.3, -0.25) is 4.40 Å². The van der Waals surface area contributed by atoms with E-state index in [4.69, 9.17) is 17.9 Å². The highest BCUT2D eigenvalue weighted by molar-refractivity contribution is 6.10. The molecule has 0 radical (unpaired) electrons. The molecular formula is C59H45N4O2+. The summed E-state index contributed by atoms with van der Waals surface area (Å²) >= 11 is 0. The molecule has 0 N–H and O–H groups in total. The molecular weight excluding hydrogens is 797 g/mol. The van der Waals surface area contributed by atoms with E-state index in [1.807, 2.05) is 66.7 Å². The zero-order valence-electron chi connectivity index (χ0n) is 39.2. The molecule has 0 fully saturated rings. The molecule has 9 aromatic heterocycles. The Labute approximate surface area is 379 Å². The van der Waals surface area contributed by atoms with E-state index in [0.717, 1.165) is 71.2 Å². The fraction of sp³-hybridized carbons (Fsp3) is 0.0847. The minimum atomic E-state index is -2.44. The number of pyridine rings is 1. The Kier molecular flexibility index (Phi) is 8.12. The third kappa shape index (κ3) is 6.65. The lowest BCUT2D eigenvalue weighted by Gasteiger charge is -2.19. The Morgan fingerprint density at radius 3 is 2.03 bits per heavy atom. The van der Waals surface area contributed by atoms with Crippen molar-refractivity contribution in [3.05, 3.63) is 212 Å². The van der Waals surface area contributed by atoms with Crippen molar-refractivity contribution >= 4 is 93.4 Å². The van der Waals surface area contributed by atoms with Gasteiger partial charge in [0.1, 0.15) is 39.0 Å². The summed E-state index contributed by atoms with van der Waals surface area (Å²) in [5, 5.41) is 5.38. The van der Waals surface area contributed by atoms with Crippen LogP contribution < -0.4 is 4.40 Å². The van der Waals surface area contributed by atoms with Gasteiger partial charge in [-0.15, -0.1) is 0 Å². The van der Waals surface area contributed by atoms with Crippen molar-refractivity contribution in [2.24, 2.45) is 0 Å². The molecule has 8 aromatic carbocycles. The molecule has 0 unspecified atom stereocenters. The van der Waals surface area contributed by atoms with Gasteiger partial charge in [0.15, 0.2) is 11.0 Å². The summed E-state index contributed by atoms with van der Waals surface area (Å²) < 4.78 is 46.0. The first-order valence-corrected chi connectivity index (χ1v) is 21.9. The molecule has 6 nitrogen and oxygen atoms in total. The standard InChI is InChI=1S/C59H45N4O2/c1-38-32-57-60-36-52(38)41-22-27-45(28-23-41)64-44-25-20-40(21-26-44)49-17-11-16-48(39-12-6-5-7-13-39)58(49)62-37-61(54-18-8-9-19-55(54)62)43-14-10-15-46(34-43)65-47-29-30-50-51-33-42(59(2,3)4)24-31-53(51)63(57)56(50)35-47/h5-37H,1-4H3/q+1/i1D3. The van der Waals surface area contributed by atoms with Gasteiger partial charge in [0.05, 0.1) is 11.0 Å². The number of aryl methyl sites for hydroxylation is 1. The van der Waals surface area contributed by atoms with Crippen LogP contribution in [0.25, 0.3) is 105 Å². The number of rotatable bonds is 1. The van der Waals surface area contributed by atoms with Crippen LogP contribution in [-0.4, -0.2) is 13.8 Å². The fourth-order valence-electron chi connectivity index (χ4n) is 9.33. The van der Waals surface area contributed by atoms with Crippen molar-refractivity contribution in [2.45, 2.75) is 33.0 Å². The van der Waals surface area contributed by atoms with Gasteiger partial charge in [-0.1, -0.05) is 118 Å². The highest BCUT2D eigenvalue weighted by atomic mass is 16.3. The number of aromatic nitrogens is 4. The third-order valence-corrected chi connectivity index (χ3v) is 12.6. The first-order valence-electron chi connectivity index (χ1n) is 23.4. The molecule has 0 aliphatic carbocycles. The number of para-hydroxylation sites is 3. The van der Waals surface area contributed by atoms with Crippen molar-refractivity contribution in [3.8, 4) is 11.1 Å². The Bertz CT molecular complexity index is 4210. The minimum absolute atomic E-state index is 0.0930. The number of imidazole rings is 1. The van der Waals surface area contributed by atoms with Crippen LogP contribution in [0.5, 0.6) is 0 Å². The van der Waals surface area contributed by atoms with Crippen LogP contribution in [-0.2, 0) is 5.41 Å². The van der Waals surface area contributed by atoms with Crippen LogP contribution in [0.2, 0.25) is 0 Å². The maximum absolute atomic E-state index is 8.76. The van der Waals surface area contributed by atoms with Crippen molar-refractivity contribution in [2.75, 3.05) is 0 Å². The molecule has 0 saturated carbocycles. The van der Waals surface area contributed by atoms with Crippen molar-refractivity contribution in [3.63, 3.8) is 0 Å². The lowest BCUT2D eigenvalue weighted by atomic mass is 9.86. The van der Waals surface area contributed by atoms with E-state index in [2.05, 4.69) is 156 Å². The highest BCUT2D eigenvalue weighted by Gasteiger charge is 2.19. The van der Waals surface area contributed by atoms with Crippen LogP contribution in [0.3, 0.4) is 0 Å². The maximum atomic E-state index is 8.76. The lowest BCUT2D eigenvalue weighted by molar-refractivity contribution is -0.480. The first-order chi connectivity index (χ1) is 32.9. The van der Waals surface area contributed by atoms with Crippen LogP contribution in [0, 0.1) is 6.85 Å². The second-order valence-corrected chi connectivity index (χ2v) is 17.7. The van der Waals surface area contributed by atoms with E-state index in [1.165, 1.54) is 5.56 Å². The largest absolute Gasteiger partial charge is 0.457 e. The fourth-order valence-corrected chi connectivity index (χ4v) is 9.33. The molecule has 0 aliphatic rings. The molecule has 0 saturated heterocycles. The number of nitrogens with zero attached hydrogens (tertiary/aromatic N) is 4. The summed E-state index contributed by atoms with van der Waals surface area (Å²) in [5.41, 5.74) is 12.4. The van der Waals surface area contributed by atoms with Gasteiger partial charge in [0, 0.05) is 49.6 Å². The van der Waals surface area contributed by atoms with Gasteiger partial charge in [0.2, 0.25) is 0 Å². The summed E-state index contributed by atoms with van der Waals surface area (Å²) in [6.07, 6.45) is 3.85. The quantitative estimate of drug-likeness (QED) is 0.155. The molecule has 0 atom stereocenters. The molecule has 12 bridgehead atoms. The predicted molar refractivity (Wildman–Crippen MR) is 268 cm³/mol. The Hall–Kier alpha value is -8.22. The van der Waals surface area contributed by atoms with Crippen LogP contribution in [0.4, 0.5) is 0 Å². The van der Waals surface area contributed by atoms with Crippen LogP contribution >= 0.6 is 0 Å². The molecule has 0 amide bonds. The summed E-state index contributed by atoms with van der Waals surface area (Å²) in [6, 6.07) is 63.6. The van der Waals surface area contributed by atoms with Crippen molar-refractivity contribution in [1.29, 1.82) is 0 Å². The molecule has 312 valence electrons. The zero-order valence-corrected chi connectivity index (χ0v) is 36.2. The average Bonchev–Trinajstić information content (AvgIpc) is 3.89. The normalized spacial score (nSPS) is 12.9. The van der Waals surface area contributed by atoms with Crippen LogP contribution in [0.15, 0.2) is 209 Å². The van der Waals surface area contributed by atoms with Crippen molar-refractivity contribution in [1.82, 2.24) is 13.8 Å². The third-order valence-electron chi connectivity index (χ3n) is 12.6. The number of fused-ring (bicyclic) bond motifs is 3. The van der Waals surface area contributed by atoms with E-state index in [-0.39, 0.29) is 11.0 Å². The second kappa shape index (κ2) is 15.0. The number of hydrogen-bond donors (Lipinski definition) is 0. The predicted octanol–water partition coefficient (Wildman–Crippen LogP) is 15.2. The van der Waals surface area contributed by atoms with Crippen LogP contribution in [0.1, 0.15) is 36.0 Å². The summed E-state index contributed by atoms with van der Waals surface area (Å²) in [4.78, 5) is 5.01. The maximum Gasteiger partial charge on any atom is 0.255 e. The van der Waals surface area contributed by atoms with E-state index in [9.17, 15) is 0 Å². The topological polar surface area (TPSA) is 52.1 Å². The molecule has 17 aromatic rings. The first kappa shape index (κ1) is 35.3. The highest BCUT2D eigenvalue weighted by Crippen LogP contribution is 2.35. The monoisotopic (exact) mass is 844 g/mol. The molecule has 0 spiro atoms. The zero-order chi connectivity index (χ0) is 46.3. The van der Waals surface area contributed by atoms with Gasteiger partial charge in [0.25, 0.3) is 6.33 Å². The SMILES string of the molecule is [2H]C([2H])([2H])c1cc2ncc1c1ccc(cc1)oc1ccc(cc1)c1cccc(-c3ccccc3)c1[n+]1cn(c3cccc(c3)oc3ccc4c5cc(C(C)(C)C)ccc5n2c4c3)c2ccccc21. The summed E-state index contributed by atoms with van der Waals surface area (Å²) in [6.45, 7) is 4.18. The Morgan fingerprint density at radius 1 is 0.538 bits per heavy atom. The second-order valence-electron chi connectivity index (χ2n) is 17.7. The average molecular weight is 845 g/mol. The van der Waals surface area contributed by atoms with E-state index in [0.29, 0.717) is 33.4 Å². The summed E-state index contributed by atoms with van der Waals surface area (Å²) in [7, 11) is 0. The smallest absolute Gasteiger partial charge is 0.255 e. The molecule has 17 rings (SSSR count). The lowest BCUT2D eigenvalue weighted by Crippen LogP contribution is -2.19. The molecule has 0 aliphatic heterocycles. The summed E-state index contributed by atoms with van der Waals surface area (Å²) in [5.74, 6) is 0. The van der Waals surface area contributed by atoms with Gasteiger partial charge < -0.3 is 8.83 Å². The number of hydrogen-bond acceptors (Lipinski definition) is 3. The van der Waals surface area contributed by atoms with Gasteiger partial charge >= 0.3 is 0 Å². The molecule has 9 heterocycles. The van der Waals surface area contributed by atoms with Crippen molar-refractivity contribution < 1.29 is 17.3 Å². The minimum Gasteiger partial charge on any atom is -0.457 e. The molecule has 6 heteroatoms. The van der Waals surface area contributed by atoms with E-state index >= 15 is 0 Å². The van der Waals surface area contributed by atoms with Gasteiger partial charge in [-0.25, -0.2) is 4.98 Å².